The van der Waals surface area contributed by atoms with E-state index in [4.69, 9.17) is 4.74 Å². The summed E-state index contributed by atoms with van der Waals surface area (Å²) in [5, 5.41) is 12.5. The molecule has 0 aliphatic carbocycles. The number of rotatable bonds is 7. The van der Waals surface area contributed by atoms with Gasteiger partial charge in [0.2, 0.25) is 0 Å². The fourth-order valence-corrected chi connectivity index (χ4v) is 1.66. The van der Waals surface area contributed by atoms with Gasteiger partial charge in [-0.25, -0.2) is 0 Å². The van der Waals surface area contributed by atoms with Crippen LogP contribution in [0.1, 0.15) is 38.3 Å². The zero-order chi connectivity index (χ0) is 16.0. The quantitative estimate of drug-likeness (QED) is 0.811. The van der Waals surface area contributed by atoms with Crippen LogP contribution in [0.5, 0.6) is 5.75 Å². The van der Waals surface area contributed by atoms with E-state index >= 15 is 0 Å². The smallest absolute Gasteiger partial charge is 0.419 e. The summed E-state index contributed by atoms with van der Waals surface area (Å²) < 4.78 is 44.3. The Hall–Kier alpha value is -1.27. The lowest BCUT2D eigenvalue weighted by atomic mass is 10.1. The van der Waals surface area contributed by atoms with Crippen molar-refractivity contribution < 1.29 is 23.0 Å². The van der Waals surface area contributed by atoms with Crippen LogP contribution in [0.2, 0.25) is 0 Å². The number of hydrogen-bond donors (Lipinski definition) is 2. The molecule has 0 aromatic heterocycles. The standard InChI is InChI=1S/C15H22F3NO2/c1-4-12(20)9-21-14-6-5-11(8-19-10(2)3)7-13(14)15(16,17)18/h5-7,10,12,19-20H,4,8-9H2,1-3H3. The number of aliphatic hydroxyl groups excluding tert-OH is 1. The van der Waals surface area contributed by atoms with E-state index in [2.05, 4.69) is 5.32 Å². The Morgan fingerprint density at radius 1 is 1.29 bits per heavy atom. The maximum atomic E-state index is 13.1. The van der Waals surface area contributed by atoms with E-state index in [-0.39, 0.29) is 18.4 Å². The molecule has 0 radical (unpaired) electrons. The van der Waals surface area contributed by atoms with E-state index in [0.717, 1.165) is 6.07 Å². The van der Waals surface area contributed by atoms with Crippen LogP contribution in [0.25, 0.3) is 0 Å². The zero-order valence-electron chi connectivity index (χ0n) is 12.5. The molecule has 3 nitrogen and oxygen atoms in total. The van der Waals surface area contributed by atoms with Gasteiger partial charge in [0.15, 0.2) is 0 Å². The third-order valence-electron chi connectivity index (χ3n) is 2.97. The topological polar surface area (TPSA) is 41.5 Å². The van der Waals surface area contributed by atoms with E-state index in [1.54, 1.807) is 13.0 Å². The molecule has 0 heterocycles. The molecule has 1 unspecified atom stereocenters. The minimum Gasteiger partial charge on any atom is -0.490 e. The van der Waals surface area contributed by atoms with Crippen molar-refractivity contribution in [2.75, 3.05) is 6.61 Å². The number of benzene rings is 1. The molecule has 0 amide bonds. The van der Waals surface area contributed by atoms with Crippen LogP contribution in [0.15, 0.2) is 18.2 Å². The summed E-state index contributed by atoms with van der Waals surface area (Å²) in [5.74, 6) is -0.247. The second-order valence-electron chi connectivity index (χ2n) is 5.24. The summed E-state index contributed by atoms with van der Waals surface area (Å²) >= 11 is 0. The van der Waals surface area contributed by atoms with E-state index in [1.165, 1.54) is 6.07 Å². The summed E-state index contributed by atoms with van der Waals surface area (Å²) in [6.45, 7) is 5.80. The second kappa shape index (κ2) is 7.66. The Balaban J connectivity index is 2.92. The molecule has 1 rings (SSSR count). The molecule has 1 aromatic carbocycles. The van der Waals surface area contributed by atoms with Crippen LogP contribution < -0.4 is 10.1 Å². The van der Waals surface area contributed by atoms with Gasteiger partial charge in [-0.05, 0) is 24.1 Å². The molecule has 1 aromatic rings. The van der Waals surface area contributed by atoms with Gasteiger partial charge >= 0.3 is 6.18 Å². The molecular formula is C15H22F3NO2. The molecular weight excluding hydrogens is 283 g/mol. The number of alkyl halides is 3. The Morgan fingerprint density at radius 3 is 2.48 bits per heavy atom. The minimum atomic E-state index is -4.49. The SMILES string of the molecule is CCC(O)COc1ccc(CNC(C)C)cc1C(F)(F)F. The van der Waals surface area contributed by atoms with E-state index < -0.39 is 17.8 Å². The van der Waals surface area contributed by atoms with Crippen LogP contribution >= 0.6 is 0 Å². The molecule has 0 aliphatic heterocycles. The van der Waals surface area contributed by atoms with Crippen molar-refractivity contribution in [2.45, 2.75) is 52.1 Å². The highest BCUT2D eigenvalue weighted by Gasteiger charge is 2.34. The first kappa shape index (κ1) is 17.8. The number of nitrogens with one attached hydrogen (secondary N) is 1. The Morgan fingerprint density at radius 2 is 1.95 bits per heavy atom. The number of hydrogen-bond acceptors (Lipinski definition) is 3. The molecule has 0 spiro atoms. The molecule has 21 heavy (non-hydrogen) atoms. The van der Waals surface area contributed by atoms with Gasteiger partial charge in [-0.3, -0.25) is 0 Å². The highest BCUT2D eigenvalue weighted by atomic mass is 19.4. The van der Waals surface area contributed by atoms with Crippen LogP contribution in [0.4, 0.5) is 13.2 Å². The first-order valence-electron chi connectivity index (χ1n) is 6.98. The third kappa shape index (κ3) is 5.93. The summed E-state index contributed by atoms with van der Waals surface area (Å²) in [6, 6.07) is 4.18. The lowest BCUT2D eigenvalue weighted by molar-refractivity contribution is -0.139. The number of ether oxygens (including phenoxy) is 1. The van der Waals surface area contributed by atoms with Gasteiger partial charge in [0.25, 0.3) is 0 Å². The number of halogens is 3. The molecule has 0 aliphatic rings. The molecule has 1 atom stereocenters. The predicted octanol–water partition coefficient (Wildman–Crippen LogP) is 3.35. The van der Waals surface area contributed by atoms with Gasteiger partial charge in [-0.1, -0.05) is 26.8 Å². The van der Waals surface area contributed by atoms with Crippen molar-refractivity contribution in [3.8, 4) is 5.75 Å². The lowest BCUT2D eigenvalue weighted by Crippen LogP contribution is -2.22. The van der Waals surface area contributed by atoms with Gasteiger partial charge in [0.1, 0.15) is 12.4 Å². The molecule has 0 fully saturated rings. The molecule has 6 heteroatoms. The van der Waals surface area contributed by atoms with Crippen LogP contribution in [-0.2, 0) is 12.7 Å². The predicted molar refractivity (Wildman–Crippen MR) is 75.2 cm³/mol. The van der Waals surface area contributed by atoms with Gasteiger partial charge in [0.05, 0.1) is 11.7 Å². The van der Waals surface area contributed by atoms with Gasteiger partial charge in [0, 0.05) is 12.6 Å². The van der Waals surface area contributed by atoms with Gasteiger partial charge in [-0.15, -0.1) is 0 Å². The average molecular weight is 305 g/mol. The molecule has 0 bridgehead atoms. The fourth-order valence-electron chi connectivity index (χ4n) is 1.66. The van der Waals surface area contributed by atoms with E-state index in [0.29, 0.717) is 18.5 Å². The summed E-state index contributed by atoms with van der Waals surface area (Å²) in [5.41, 5.74) is -0.270. The Labute approximate surface area is 123 Å². The van der Waals surface area contributed by atoms with Crippen molar-refractivity contribution in [3.05, 3.63) is 29.3 Å². The largest absolute Gasteiger partial charge is 0.490 e. The van der Waals surface area contributed by atoms with E-state index in [9.17, 15) is 18.3 Å². The van der Waals surface area contributed by atoms with Crippen molar-refractivity contribution in [3.63, 3.8) is 0 Å². The minimum absolute atomic E-state index is 0.150. The molecule has 0 saturated heterocycles. The Kier molecular flexibility index (Phi) is 6.48. The van der Waals surface area contributed by atoms with E-state index in [1.807, 2.05) is 13.8 Å². The lowest BCUT2D eigenvalue weighted by Gasteiger charge is -2.17. The Bertz CT molecular complexity index is 447. The highest BCUT2D eigenvalue weighted by Crippen LogP contribution is 2.37. The average Bonchev–Trinajstić information content (AvgIpc) is 2.41. The van der Waals surface area contributed by atoms with Crippen molar-refractivity contribution >= 4 is 0 Å². The maximum absolute atomic E-state index is 13.1. The molecule has 0 saturated carbocycles. The summed E-state index contributed by atoms with van der Waals surface area (Å²) in [7, 11) is 0. The van der Waals surface area contributed by atoms with Crippen LogP contribution in [0, 0.1) is 0 Å². The van der Waals surface area contributed by atoms with Crippen molar-refractivity contribution in [2.24, 2.45) is 0 Å². The summed E-state index contributed by atoms with van der Waals surface area (Å²) in [4.78, 5) is 0. The molecule has 120 valence electrons. The van der Waals surface area contributed by atoms with Gasteiger partial charge < -0.3 is 15.2 Å². The normalized spacial score (nSPS) is 13.5. The van der Waals surface area contributed by atoms with Crippen LogP contribution in [-0.4, -0.2) is 23.9 Å². The first-order valence-corrected chi connectivity index (χ1v) is 6.98. The zero-order valence-corrected chi connectivity index (χ0v) is 12.5. The first-order chi connectivity index (χ1) is 9.74. The fraction of sp³-hybridized carbons (Fsp3) is 0.600. The van der Waals surface area contributed by atoms with Gasteiger partial charge in [-0.2, -0.15) is 13.2 Å². The van der Waals surface area contributed by atoms with Crippen molar-refractivity contribution in [1.82, 2.24) is 5.32 Å². The number of aliphatic hydroxyl groups is 1. The highest BCUT2D eigenvalue weighted by molar-refractivity contribution is 5.39. The van der Waals surface area contributed by atoms with Crippen LogP contribution in [0.3, 0.4) is 0 Å². The monoisotopic (exact) mass is 305 g/mol. The molecule has 2 N–H and O–H groups in total. The van der Waals surface area contributed by atoms with Crippen molar-refractivity contribution in [1.29, 1.82) is 0 Å². The summed E-state index contributed by atoms with van der Waals surface area (Å²) in [6.07, 6.45) is -4.83. The maximum Gasteiger partial charge on any atom is 0.419 e. The third-order valence-corrected chi connectivity index (χ3v) is 2.97. The second-order valence-corrected chi connectivity index (χ2v) is 5.24.